The molecule has 0 aliphatic heterocycles. The molecule has 2 aromatic rings. The van der Waals surface area contributed by atoms with Crippen LogP contribution >= 0.6 is 0 Å². The number of nitrogens with zero attached hydrogens (tertiary/aromatic N) is 1. The predicted molar refractivity (Wildman–Crippen MR) is 101 cm³/mol. The molecule has 9 heteroatoms. The van der Waals surface area contributed by atoms with Crippen LogP contribution in [0.5, 0.6) is 11.5 Å². The average molecular weight is 417 g/mol. The number of benzene rings is 2. The van der Waals surface area contributed by atoms with Crippen LogP contribution in [0.2, 0.25) is 0 Å². The highest BCUT2D eigenvalue weighted by atomic mass is 32.2. The number of sulfonamides is 1. The molecule has 0 amide bonds. The average Bonchev–Trinajstić information content (AvgIpc) is 2.64. The normalized spacial score (nSPS) is 12.1. The Morgan fingerprint density at radius 3 is 2.18 bits per heavy atom. The molecule has 0 heterocycles. The van der Waals surface area contributed by atoms with Gasteiger partial charge in [0.1, 0.15) is 0 Å². The molecular weight excluding hydrogens is 395 g/mol. The minimum atomic E-state index is -4.51. The lowest BCUT2D eigenvalue weighted by molar-refractivity contribution is -0.137. The van der Waals surface area contributed by atoms with Gasteiger partial charge >= 0.3 is 6.18 Å². The van der Waals surface area contributed by atoms with Crippen LogP contribution in [0.4, 0.5) is 18.9 Å². The van der Waals surface area contributed by atoms with Crippen molar-refractivity contribution in [2.45, 2.75) is 31.8 Å². The van der Waals surface area contributed by atoms with E-state index < -0.39 is 27.0 Å². The molecule has 0 saturated carbocycles. The molecule has 0 radical (unpaired) electrons. The minimum absolute atomic E-state index is 0.217. The maximum absolute atomic E-state index is 13.0. The number of halogens is 3. The topological polar surface area (TPSA) is 55.8 Å². The lowest BCUT2D eigenvalue weighted by Crippen LogP contribution is -2.36. The van der Waals surface area contributed by atoms with Crippen molar-refractivity contribution < 1.29 is 31.1 Å². The first-order valence-corrected chi connectivity index (χ1v) is 9.90. The van der Waals surface area contributed by atoms with E-state index in [4.69, 9.17) is 9.47 Å². The van der Waals surface area contributed by atoms with Crippen LogP contribution in [0.25, 0.3) is 0 Å². The second-order valence-corrected chi connectivity index (χ2v) is 8.75. The Kier molecular flexibility index (Phi) is 6.48. The van der Waals surface area contributed by atoms with E-state index in [2.05, 4.69) is 0 Å². The van der Waals surface area contributed by atoms with E-state index in [0.717, 1.165) is 16.4 Å². The van der Waals surface area contributed by atoms with Crippen molar-refractivity contribution >= 4 is 15.7 Å². The fourth-order valence-corrected chi connectivity index (χ4v) is 3.82. The summed E-state index contributed by atoms with van der Waals surface area (Å²) in [5.74, 6) is 0.722. The SMILES string of the molecule is COc1ccc(N(Cc2cccc(C(F)(F)F)c2)S(=O)(=O)C(C)C)cc1OC. The third-order valence-electron chi connectivity index (χ3n) is 4.14. The molecule has 0 aliphatic rings. The molecule has 0 saturated heterocycles. The Balaban J connectivity index is 2.54. The summed E-state index contributed by atoms with van der Waals surface area (Å²) in [5.41, 5.74) is -0.350. The molecule has 154 valence electrons. The van der Waals surface area contributed by atoms with Crippen molar-refractivity contribution in [3.63, 3.8) is 0 Å². The Hall–Kier alpha value is -2.42. The lowest BCUT2D eigenvalue weighted by atomic mass is 10.1. The van der Waals surface area contributed by atoms with Crippen molar-refractivity contribution in [3.05, 3.63) is 53.6 Å². The van der Waals surface area contributed by atoms with Crippen molar-refractivity contribution in [2.24, 2.45) is 0 Å². The zero-order chi connectivity index (χ0) is 21.1. The predicted octanol–water partition coefficient (Wildman–Crippen LogP) is 4.47. The molecule has 0 fully saturated rings. The van der Waals surface area contributed by atoms with E-state index in [1.165, 1.54) is 52.3 Å². The molecule has 0 atom stereocenters. The minimum Gasteiger partial charge on any atom is -0.493 e. The molecular formula is C19H22F3NO4S. The van der Waals surface area contributed by atoms with Gasteiger partial charge in [0, 0.05) is 6.07 Å². The summed E-state index contributed by atoms with van der Waals surface area (Å²) >= 11 is 0. The van der Waals surface area contributed by atoms with E-state index in [1.54, 1.807) is 6.07 Å². The summed E-state index contributed by atoms with van der Waals surface area (Å²) in [4.78, 5) is 0. The molecule has 2 rings (SSSR count). The zero-order valence-electron chi connectivity index (χ0n) is 15.9. The third-order valence-corrected chi connectivity index (χ3v) is 6.28. The monoisotopic (exact) mass is 417 g/mol. The number of ether oxygens (including phenoxy) is 2. The van der Waals surface area contributed by atoms with Gasteiger partial charge in [-0.25, -0.2) is 8.42 Å². The highest BCUT2D eigenvalue weighted by Crippen LogP contribution is 2.35. The second-order valence-electron chi connectivity index (χ2n) is 6.34. The fourth-order valence-electron chi connectivity index (χ4n) is 2.57. The summed E-state index contributed by atoms with van der Waals surface area (Å²) in [5, 5.41) is -0.772. The van der Waals surface area contributed by atoms with Crippen LogP contribution in [-0.2, 0) is 22.7 Å². The molecule has 0 spiro atoms. The first-order chi connectivity index (χ1) is 13.0. The van der Waals surface area contributed by atoms with Crippen LogP contribution < -0.4 is 13.8 Å². The van der Waals surface area contributed by atoms with E-state index in [0.29, 0.717) is 11.5 Å². The van der Waals surface area contributed by atoms with Gasteiger partial charge in [-0.15, -0.1) is 0 Å². The zero-order valence-corrected chi connectivity index (χ0v) is 16.8. The highest BCUT2D eigenvalue weighted by Gasteiger charge is 2.32. The summed E-state index contributed by atoms with van der Waals surface area (Å²) in [6, 6.07) is 9.15. The van der Waals surface area contributed by atoms with E-state index in [1.807, 2.05) is 0 Å². The van der Waals surface area contributed by atoms with Gasteiger partial charge in [0.2, 0.25) is 10.0 Å². The molecule has 28 heavy (non-hydrogen) atoms. The van der Waals surface area contributed by atoms with E-state index >= 15 is 0 Å². The van der Waals surface area contributed by atoms with E-state index in [-0.39, 0.29) is 17.8 Å². The van der Waals surface area contributed by atoms with Crippen molar-refractivity contribution in [2.75, 3.05) is 18.5 Å². The molecule has 0 aromatic heterocycles. The summed E-state index contributed by atoms with van der Waals surface area (Å²) in [6.45, 7) is 2.77. The van der Waals surface area contributed by atoms with Crippen molar-refractivity contribution in [1.29, 1.82) is 0 Å². The third kappa shape index (κ3) is 4.70. The van der Waals surface area contributed by atoms with Gasteiger partial charge < -0.3 is 9.47 Å². The Labute approximate surface area is 162 Å². The standard InChI is InChI=1S/C19H22F3NO4S/c1-13(2)28(24,25)23(16-8-9-17(26-3)18(11-16)27-4)12-14-6-5-7-15(10-14)19(20,21)22/h5-11,13H,12H2,1-4H3. The van der Waals surface area contributed by atoms with Gasteiger partial charge in [0.15, 0.2) is 11.5 Å². The quantitative estimate of drug-likeness (QED) is 0.667. The van der Waals surface area contributed by atoms with Crippen LogP contribution in [0, 0.1) is 0 Å². The highest BCUT2D eigenvalue weighted by molar-refractivity contribution is 7.93. The Bertz CT molecular complexity index is 927. The maximum Gasteiger partial charge on any atom is 0.416 e. The van der Waals surface area contributed by atoms with Crippen molar-refractivity contribution in [3.8, 4) is 11.5 Å². The van der Waals surface area contributed by atoms with Gasteiger partial charge in [-0.2, -0.15) is 13.2 Å². The molecule has 2 aromatic carbocycles. The maximum atomic E-state index is 13.0. The molecule has 0 unspecified atom stereocenters. The van der Waals surface area contributed by atoms with E-state index in [9.17, 15) is 21.6 Å². The molecule has 0 aliphatic carbocycles. The fraction of sp³-hybridized carbons (Fsp3) is 0.368. The Morgan fingerprint density at radius 1 is 1.00 bits per heavy atom. The Morgan fingerprint density at radius 2 is 1.64 bits per heavy atom. The number of methoxy groups -OCH3 is 2. The number of anilines is 1. The molecule has 0 bridgehead atoms. The van der Waals surface area contributed by atoms with Crippen LogP contribution in [-0.4, -0.2) is 27.9 Å². The van der Waals surface area contributed by atoms with Gasteiger partial charge in [-0.05, 0) is 43.7 Å². The van der Waals surface area contributed by atoms with Gasteiger partial charge in [-0.1, -0.05) is 12.1 Å². The number of alkyl halides is 3. The van der Waals surface area contributed by atoms with Crippen LogP contribution in [0.1, 0.15) is 25.0 Å². The summed E-state index contributed by atoms with van der Waals surface area (Å²) < 4.78 is 76.3. The molecule has 5 nitrogen and oxygen atoms in total. The van der Waals surface area contributed by atoms with Gasteiger partial charge in [0.05, 0.1) is 37.3 Å². The lowest BCUT2D eigenvalue weighted by Gasteiger charge is -2.27. The van der Waals surface area contributed by atoms with Crippen molar-refractivity contribution in [1.82, 2.24) is 0 Å². The first-order valence-electron chi connectivity index (χ1n) is 8.40. The van der Waals surface area contributed by atoms with Crippen LogP contribution in [0.15, 0.2) is 42.5 Å². The number of hydrogen-bond donors (Lipinski definition) is 0. The van der Waals surface area contributed by atoms with Gasteiger partial charge in [0.25, 0.3) is 0 Å². The number of rotatable bonds is 7. The summed E-state index contributed by atoms with van der Waals surface area (Å²) in [7, 11) is -0.968. The largest absolute Gasteiger partial charge is 0.493 e. The summed E-state index contributed by atoms with van der Waals surface area (Å²) in [6.07, 6.45) is -4.51. The second kappa shape index (κ2) is 8.30. The van der Waals surface area contributed by atoms with Crippen LogP contribution in [0.3, 0.4) is 0 Å². The smallest absolute Gasteiger partial charge is 0.416 e. The number of hydrogen-bond acceptors (Lipinski definition) is 4. The molecule has 0 N–H and O–H groups in total. The van der Waals surface area contributed by atoms with Gasteiger partial charge in [-0.3, -0.25) is 4.31 Å². The first kappa shape index (κ1) is 21.9.